The SMILES string of the molecule is c1cnc2c(c1)cc(-c1ccc(-c3c4ccccc4c(-c4cccc5c6cccc7ccc8cccc(c9ccccc9c45)c8c76)c4ccccc34)cc1)c1cccnc12. The molecule has 0 atom stereocenters. The lowest BCUT2D eigenvalue weighted by atomic mass is 9.83. The quantitative estimate of drug-likeness (QED) is 0.132. The van der Waals surface area contributed by atoms with Crippen molar-refractivity contribution >= 4 is 97.2 Å². The van der Waals surface area contributed by atoms with Gasteiger partial charge in [-0.15, -0.1) is 0 Å². The van der Waals surface area contributed by atoms with E-state index in [4.69, 9.17) is 9.97 Å². The van der Waals surface area contributed by atoms with Crippen LogP contribution in [0.4, 0.5) is 0 Å². The minimum Gasteiger partial charge on any atom is -0.254 e. The van der Waals surface area contributed by atoms with Crippen LogP contribution in [-0.2, 0) is 0 Å². The molecule has 60 heavy (non-hydrogen) atoms. The van der Waals surface area contributed by atoms with E-state index < -0.39 is 0 Å². The fourth-order valence-electron chi connectivity index (χ4n) is 10.4. The molecule has 0 radical (unpaired) electrons. The van der Waals surface area contributed by atoms with Crippen LogP contribution in [0.5, 0.6) is 0 Å². The lowest BCUT2D eigenvalue weighted by Gasteiger charge is -2.20. The van der Waals surface area contributed by atoms with Crippen LogP contribution < -0.4 is 0 Å². The summed E-state index contributed by atoms with van der Waals surface area (Å²) in [5.41, 5.74) is 9.10. The summed E-state index contributed by atoms with van der Waals surface area (Å²) in [5.74, 6) is 0. The van der Waals surface area contributed by atoms with E-state index >= 15 is 0 Å². The van der Waals surface area contributed by atoms with Gasteiger partial charge in [0.05, 0.1) is 11.0 Å². The van der Waals surface area contributed by atoms with Crippen LogP contribution in [0.1, 0.15) is 0 Å². The Labute approximate surface area is 345 Å². The highest BCUT2D eigenvalue weighted by molar-refractivity contribution is 6.35. The van der Waals surface area contributed by atoms with Crippen molar-refractivity contribution in [3.63, 3.8) is 0 Å². The third-order valence-corrected chi connectivity index (χ3v) is 12.9. The predicted octanol–water partition coefficient (Wildman–Crippen LogP) is 15.9. The zero-order valence-electron chi connectivity index (χ0n) is 32.5. The van der Waals surface area contributed by atoms with E-state index in [1.165, 1.54) is 97.7 Å². The van der Waals surface area contributed by atoms with Gasteiger partial charge in [0.1, 0.15) is 0 Å². The van der Waals surface area contributed by atoms with E-state index in [9.17, 15) is 0 Å². The number of nitrogens with zero attached hydrogens (tertiary/aromatic N) is 2. The normalized spacial score (nSPS) is 12.0. The molecule has 11 aromatic carbocycles. The largest absolute Gasteiger partial charge is 0.254 e. The Kier molecular flexibility index (Phi) is 7.05. The van der Waals surface area contributed by atoms with Crippen molar-refractivity contribution in [2.45, 2.75) is 0 Å². The minimum atomic E-state index is 0.928. The number of aromatic nitrogens is 2. The zero-order valence-corrected chi connectivity index (χ0v) is 32.5. The molecule has 0 spiro atoms. The Hall–Kier alpha value is -7.94. The topological polar surface area (TPSA) is 25.8 Å². The molecule has 0 amide bonds. The summed E-state index contributed by atoms with van der Waals surface area (Å²) in [6.45, 7) is 0. The number of hydrogen-bond donors (Lipinski definition) is 0. The summed E-state index contributed by atoms with van der Waals surface area (Å²) in [4.78, 5) is 9.47. The fraction of sp³-hybridized carbons (Fsp3) is 0. The van der Waals surface area contributed by atoms with Gasteiger partial charge in [-0.2, -0.15) is 0 Å². The van der Waals surface area contributed by atoms with Gasteiger partial charge in [0.25, 0.3) is 0 Å². The maximum absolute atomic E-state index is 4.78. The Morgan fingerprint density at radius 2 is 0.700 bits per heavy atom. The fourth-order valence-corrected chi connectivity index (χ4v) is 10.4. The number of fused-ring (bicyclic) bond motifs is 10. The molecule has 2 heteroatoms. The molecule has 0 bridgehead atoms. The molecule has 2 aromatic heterocycles. The summed E-state index contributed by atoms with van der Waals surface area (Å²) in [6.07, 6.45) is 3.70. The van der Waals surface area contributed by atoms with Crippen molar-refractivity contribution in [1.29, 1.82) is 0 Å². The van der Waals surface area contributed by atoms with E-state index in [0.717, 1.165) is 32.9 Å². The second-order valence-electron chi connectivity index (χ2n) is 16.0. The molecule has 0 saturated heterocycles. The number of hydrogen-bond acceptors (Lipinski definition) is 2. The van der Waals surface area contributed by atoms with Crippen LogP contribution in [0.3, 0.4) is 0 Å². The van der Waals surface area contributed by atoms with Gasteiger partial charge in [-0.25, -0.2) is 0 Å². The van der Waals surface area contributed by atoms with Gasteiger partial charge in [-0.3, -0.25) is 9.97 Å². The first-order chi connectivity index (χ1) is 29.8. The first kappa shape index (κ1) is 33.1. The van der Waals surface area contributed by atoms with Gasteiger partial charge in [-0.05, 0) is 127 Å². The van der Waals surface area contributed by atoms with E-state index in [2.05, 4.69) is 182 Å². The van der Waals surface area contributed by atoms with Crippen LogP contribution in [-0.4, -0.2) is 9.97 Å². The lowest BCUT2D eigenvalue weighted by Crippen LogP contribution is -1.93. The second-order valence-corrected chi connectivity index (χ2v) is 16.0. The van der Waals surface area contributed by atoms with Crippen LogP contribution in [0, 0.1) is 0 Å². The van der Waals surface area contributed by atoms with Crippen molar-refractivity contribution in [3.8, 4) is 33.4 Å². The highest BCUT2D eigenvalue weighted by Crippen LogP contribution is 2.48. The van der Waals surface area contributed by atoms with E-state index in [1.54, 1.807) is 0 Å². The van der Waals surface area contributed by atoms with Crippen LogP contribution in [0.15, 0.2) is 207 Å². The summed E-state index contributed by atoms with van der Waals surface area (Å²) in [7, 11) is 0. The van der Waals surface area contributed by atoms with Crippen molar-refractivity contribution in [2.75, 3.05) is 0 Å². The first-order valence-corrected chi connectivity index (χ1v) is 20.6. The standard InChI is InChI=1S/C58H34N2/c1-2-16-42-40(15-1)41-21-7-12-36-30-31-37-13-8-22-45(54(37)53(36)41)48-23-9-24-50(55(42)48)56-46-19-5-3-17-43(46)52(44-18-4-6-20-47(44)56)38-28-26-35(27-29-38)51-34-39-14-10-32-59-57(39)58-49(51)25-11-33-60-58/h1-34H. The predicted molar refractivity (Wildman–Crippen MR) is 256 cm³/mol. The van der Waals surface area contributed by atoms with Crippen molar-refractivity contribution in [1.82, 2.24) is 9.97 Å². The maximum atomic E-state index is 4.78. The van der Waals surface area contributed by atoms with E-state index in [0.29, 0.717) is 0 Å². The van der Waals surface area contributed by atoms with Crippen molar-refractivity contribution in [3.05, 3.63) is 207 Å². The average molecular weight is 759 g/mol. The molecule has 0 aliphatic heterocycles. The van der Waals surface area contributed by atoms with Gasteiger partial charge < -0.3 is 0 Å². The molecule has 0 aliphatic rings. The van der Waals surface area contributed by atoms with Crippen LogP contribution in [0.2, 0.25) is 0 Å². The van der Waals surface area contributed by atoms with Gasteiger partial charge >= 0.3 is 0 Å². The molecule has 0 N–H and O–H groups in total. The Bertz CT molecular complexity index is 3880. The summed E-state index contributed by atoms with van der Waals surface area (Å²) in [5, 5.41) is 19.9. The lowest BCUT2D eigenvalue weighted by molar-refractivity contribution is 1.37. The van der Waals surface area contributed by atoms with Gasteiger partial charge in [0.2, 0.25) is 0 Å². The summed E-state index contributed by atoms with van der Waals surface area (Å²) >= 11 is 0. The highest BCUT2D eigenvalue weighted by atomic mass is 14.7. The van der Waals surface area contributed by atoms with Gasteiger partial charge in [0, 0.05) is 23.2 Å². The molecular formula is C58H34N2. The molecular weight excluding hydrogens is 725 g/mol. The van der Waals surface area contributed by atoms with E-state index in [1.807, 2.05) is 24.5 Å². The highest BCUT2D eigenvalue weighted by Gasteiger charge is 2.21. The molecule has 2 heterocycles. The number of pyridine rings is 2. The number of benzene rings is 10. The Morgan fingerprint density at radius 3 is 1.37 bits per heavy atom. The third-order valence-electron chi connectivity index (χ3n) is 12.9. The molecule has 0 fully saturated rings. The van der Waals surface area contributed by atoms with Gasteiger partial charge in [-0.1, -0.05) is 176 Å². The molecule has 276 valence electrons. The maximum Gasteiger partial charge on any atom is 0.0970 e. The first-order valence-electron chi connectivity index (χ1n) is 20.6. The van der Waals surface area contributed by atoms with Crippen LogP contribution in [0.25, 0.3) is 131 Å². The molecule has 0 unspecified atom stereocenters. The Morgan fingerprint density at radius 1 is 0.250 bits per heavy atom. The molecule has 13 aromatic rings. The summed E-state index contributed by atoms with van der Waals surface area (Å²) in [6, 6.07) is 71.8. The van der Waals surface area contributed by atoms with Crippen molar-refractivity contribution in [2.24, 2.45) is 0 Å². The van der Waals surface area contributed by atoms with Crippen molar-refractivity contribution < 1.29 is 0 Å². The number of rotatable bonds is 3. The molecule has 0 saturated carbocycles. The second kappa shape index (κ2) is 12.8. The summed E-state index contributed by atoms with van der Waals surface area (Å²) < 4.78 is 0. The van der Waals surface area contributed by atoms with E-state index in [-0.39, 0.29) is 0 Å². The van der Waals surface area contributed by atoms with Gasteiger partial charge in [0.15, 0.2) is 0 Å². The minimum absolute atomic E-state index is 0.928. The van der Waals surface area contributed by atoms with Crippen LogP contribution >= 0.6 is 0 Å². The smallest absolute Gasteiger partial charge is 0.0970 e. The monoisotopic (exact) mass is 758 g/mol. The third kappa shape index (κ3) is 4.70. The molecule has 2 nitrogen and oxygen atoms in total. The molecule has 0 aliphatic carbocycles. The zero-order chi connectivity index (χ0) is 39.3. The average Bonchev–Trinajstić information content (AvgIpc) is 3.32. The molecule has 13 rings (SSSR count). The Balaban J connectivity index is 1.11.